The summed E-state index contributed by atoms with van der Waals surface area (Å²) in [4.78, 5) is -0.905. The second-order valence-corrected chi connectivity index (χ2v) is 5.57. The third kappa shape index (κ3) is 5.10. The van der Waals surface area contributed by atoms with Crippen LogP contribution in [0.15, 0.2) is 17.0 Å². The normalized spacial score (nSPS) is 12.6. The molecule has 0 aromatic heterocycles. The Kier molecular flexibility index (Phi) is 5.48. The third-order valence-corrected chi connectivity index (χ3v) is 3.66. The summed E-state index contributed by atoms with van der Waals surface area (Å²) in [5, 5.41) is 0. The van der Waals surface area contributed by atoms with E-state index in [-0.39, 0.29) is 0 Å². The highest BCUT2D eigenvalue weighted by Crippen LogP contribution is 2.22. The van der Waals surface area contributed by atoms with Gasteiger partial charge in [0.05, 0.1) is 6.61 Å². The summed E-state index contributed by atoms with van der Waals surface area (Å²) in [6.45, 7) is -2.63. The quantitative estimate of drug-likeness (QED) is 0.468. The monoisotopic (exact) mass is 334 g/mol. The van der Waals surface area contributed by atoms with E-state index < -0.39 is 58.2 Å². The number of sulfonamides is 1. The Morgan fingerprint density at radius 3 is 2.43 bits per heavy atom. The van der Waals surface area contributed by atoms with Crippen LogP contribution in [0.25, 0.3) is 0 Å². The second kappa shape index (κ2) is 6.54. The van der Waals surface area contributed by atoms with Crippen molar-refractivity contribution in [3.05, 3.63) is 23.8 Å². The zero-order valence-corrected chi connectivity index (χ0v) is 11.2. The van der Waals surface area contributed by atoms with Crippen molar-refractivity contribution in [1.29, 1.82) is 0 Å². The second-order valence-electron chi connectivity index (χ2n) is 3.84. The van der Waals surface area contributed by atoms with E-state index in [4.69, 9.17) is 5.73 Å². The van der Waals surface area contributed by atoms with Gasteiger partial charge in [0, 0.05) is 6.54 Å². The number of hydrogen-bond donors (Lipinski definition) is 2. The molecule has 21 heavy (non-hydrogen) atoms. The summed E-state index contributed by atoms with van der Waals surface area (Å²) in [6, 6.07) is 1.31. The minimum Gasteiger partial charge on any atom is -0.394 e. The van der Waals surface area contributed by atoms with E-state index in [9.17, 15) is 30.4 Å². The highest BCUT2D eigenvalue weighted by atomic mass is 32.2. The van der Waals surface area contributed by atoms with Crippen LogP contribution in [0.3, 0.4) is 0 Å². The van der Waals surface area contributed by atoms with Crippen molar-refractivity contribution in [3.63, 3.8) is 0 Å². The molecule has 1 aromatic rings. The van der Waals surface area contributed by atoms with Gasteiger partial charge in [-0.25, -0.2) is 21.9 Å². The molecule has 0 saturated carbocycles. The van der Waals surface area contributed by atoms with E-state index in [1.807, 2.05) is 4.72 Å². The SMILES string of the molecule is Nc1c(F)ccc(S(=O)(=O)NCCOCC(F)(F)F)c1F. The van der Waals surface area contributed by atoms with Crippen molar-refractivity contribution in [1.82, 2.24) is 4.72 Å². The van der Waals surface area contributed by atoms with Gasteiger partial charge in [-0.15, -0.1) is 0 Å². The van der Waals surface area contributed by atoms with Crippen molar-refractivity contribution in [2.24, 2.45) is 0 Å². The smallest absolute Gasteiger partial charge is 0.394 e. The van der Waals surface area contributed by atoms with Gasteiger partial charge in [-0.1, -0.05) is 0 Å². The number of anilines is 1. The van der Waals surface area contributed by atoms with Crippen LogP contribution in [0.4, 0.5) is 27.6 Å². The van der Waals surface area contributed by atoms with Crippen molar-refractivity contribution in [3.8, 4) is 0 Å². The van der Waals surface area contributed by atoms with Gasteiger partial charge in [0.25, 0.3) is 0 Å². The zero-order valence-electron chi connectivity index (χ0n) is 10.4. The highest BCUT2D eigenvalue weighted by Gasteiger charge is 2.27. The Morgan fingerprint density at radius 1 is 1.24 bits per heavy atom. The standard InChI is InChI=1S/C10H11F5N2O3S/c11-6-1-2-7(8(12)9(6)16)21(18,19)17-3-4-20-5-10(13,14)15/h1-2,17H,3-5,16H2. The van der Waals surface area contributed by atoms with Crippen molar-refractivity contribution >= 4 is 15.7 Å². The average molecular weight is 334 g/mol. The maximum absolute atomic E-state index is 13.5. The topological polar surface area (TPSA) is 81.4 Å². The molecule has 0 atom stereocenters. The van der Waals surface area contributed by atoms with E-state index in [0.29, 0.717) is 12.1 Å². The number of rotatable bonds is 6. The number of nitrogen functional groups attached to an aromatic ring is 1. The van der Waals surface area contributed by atoms with Crippen LogP contribution in [-0.4, -0.2) is 34.4 Å². The first-order chi connectivity index (χ1) is 9.54. The molecular formula is C10H11F5N2O3S. The molecule has 0 saturated heterocycles. The first kappa shape index (κ1) is 17.6. The maximum atomic E-state index is 13.5. The van der Waals surface area contributed by atoms with E-state index in [1.54, 1.807) is 0 Å². The molecule has 0 amide bonds. The van der Waals surface area contributed by atoms with E-state index >= 15 is 0 Å². The molecule has 0 fully saturated rings. The molecule has 0 spiro atoms. The molecule has 3 N–H and O–H groups in total. The Bertz CT molecular complexity index is 603. The van der Waals surface area contributed by atoms with Crippen LogP contribution in [0.2, 0.25) is 0 Å². The van der Waals surface area contributed by atoms with Crippen LogP contribution in [-0.2, 0) is 14.8 Å². The minimum atomic E-state index is -4.53. The van der Waals surface area contributed by atoms with Gasteiger partial charge in [0.2, 0.25) is 10.0 Å². The Hall–Kier alpha value is -1.46. The van der Waals surface area contributed by atoms with Crippen LogP contribution >= 0.6 is 0 Å². The van der Waals surface area contributed by atoms with Crippen LogP contribution in [0, 0.1) is 11.6 Å². The molecule has 0 unspecified atom stereocenters. The predicted octanol–water partition coefficient (Wildman–Crippen LogP) is 1.40. The molecule has 5 nitrogen and oxygen atoms in total. The highest BCUT2D eigenvalue weighted by molar-refractivity contribution is 7.89. The molecule has 0 bridgehead atoms. The first-order valence-electron chi connectivity index (χ1n) is 5.42. The molecule has 1 aromatic carbocycles. The number of ether oxygens (including phenoxy) is 1. The van der Waals surface area contributed by atoms with E-state index in [1.165, 1.54) is 0 Å². The Morgan fingerprint density at radius 2 is 1.86 bits per heavy atom. The first-order valence-corrected chi connectivity index (χ1v) is 6.90. The largest absolute Gasteiger partial charge is 0.411 e. The van der Waals surface area contributed by atoms with Gasteiger partial charge in [0.1, 0.15) is 23.0 Å². The lowest BCUT2D eigenvalue weighted by Gasteiger charge is -2.10. The van der Waals surface area contributed by atoms with Crippen LogP contribution in [0.5, 0.6) is 0 Å². The van der Waals surface area contributed by atoms with Gasteiger partial charge >= 0.3 is 6.18 Å². The predicted molar refractivity (Wildman–Crippen MR) is 62.8 cm³/mol. The number of hydrogen-bond acceptors (Lipinski definition) is 4. The summed E-state index contributed by atoms with van der Waals surface area (Å²) >= 11 is 0. The third-order valence-electron chi connectivity index (χ3n) is 2.18. The number of benzene rings is 1. The number of halogens is 5. The van der Waals surface area contributed by atoms with Crippen molar-refractivity contribution in [2.75, 3.05) is 25.5 Å². The Balaban J connectivity index is 2.65. The molecule has 0 radical (unpaired) electrons. The maximum Gasteiger partial charge on any atom is 0.411 e. The summed E-state index contributed by atoms with van der Waals surface area (Å²) < 4.78 is 91.0. The molecule has 1 rings (SSSR count). The molecular weight excluding hydrogens is 323 g/mol. The number of alkyl halides is 3. The Labute approximate surface area is 116 Å². The molecule has 0 heterocycles. The van der Waals surface area contributed by atoms with Gasteiger partial charge in [-0.3, -0.25) is 0 Å². The van der Waals surface area contributed by atoms with E-state index in [0.717, 1.165) is 0 Å². The summed E-state index contributed by atoms with van der Waals surface area (Å²) in [6.07, 6.45) is -4.53. The molecule has 11 heteroatoms. The summed E-state index contributed by atoms with van der Waals surface area (Å²) in [5.41, 5.74) is 4.05. The molecule has 0 aliphatic heterocycles. The minimum absolute atomic E-state index is 0.519. The van der Waals surface area contributed by atoms with Gasteiger partial charge in [-0.05, 0) is 12.1 Å². The zero-order chi connectivity index (χ0) is 16.3. The fourth-order valence-corrected chi connectivity index (χ4v) is 2.37. The van der Waals surface area contributed by atoms with Crippen molar-refractivity contribution in [2.45, 2.75) is 11.1 Å². The summed E-state index contributed by atoms with van der Waals surface area (Å²) in [7, 11) is -4.38. The lowest BCUT2D eigenvalue weighted by atomic mass is 10.3. The fraction of sp³-hybridized carbons (Fsp3) is 0.400. The van der Waals surface area contributed by atoms with Crippen LogP contribution < -0.4 is 10.5 Å². The molecule has 0 aliphatic carbocycles. The van der Waals surface area contributed by atoms with Gasteiger partial charge in [-0.2, -0.15) is 13.2 Å². The number of nitrogens with one attached hydrogen (secondary N) is 1. The lowest BCUT2D eigenvalue weighted by Crippen LogP contribution is -2.29. The average Bonchev–Trinajstić information content (AvgIpc) is 2.33. The van der Waals surface area contributed by atoms with E-state index in [2.05, 4.69) is 4.74 Å². The van der Waals surface area contributed by atoms with Crippen molar-refractivity contribution < 1.29 is 35.1 Å². The molecule has 0 aliphatic rings. The fourth-order valence-electron chi connectivity index (χ4n) is 1.27. The van der Waals surface area contributed by atoms with Crippen LogP contribution in [0.1, 0.15) is 0 Å². The van der Waals surface area contributed by atoms with Gasteiger partial charge in [0.15, 0.2) is 5.82 Å². The summed E-state index contributed by atoms with van der Waals surface area (Å²) in [5.74, 6) is -2.60. The van der Waals surface area contributed by atoms with Gasteiger partial charge < -0.3 is 10.5 Å². The number of nitrogens with two attached hydrogens (primary N) is 1. The molecule has 120 valence electrons. The lowest BCUT2D eigenvalue weighted by molar-refractivity contribution is -0.173.